The van der Waals surface area contributed by atoms with Gasteiger partial charge >= 0.3 is 6.03 Å². The van der Waals surface area contributed by atoms with E-state index in [4.69, 9.17) is 4.74 Å². The van der Waals surface area contributed by atoms with Gasteiger partial charge in [0.1, 0.15) is 11.3 Å². The van der Waals surface area contributed by atoms with Gasteiger partial charge in [0.05, 0.1) is 12.8 Å². The first kappa shape index (κ1) is 19.7. The number of hydrogen-bond donors (Lipinski definition) is 1. The number of carbonyl (C=O) groups excluding carboxylic acids is 3. The zero-order valence-electron chi connectivity index (χ0n) is 15.8. The molecule has 1 N–H and O–H groups in total. The average Bonchev–Trinajstić information content (AvgIpc) is 3.20. The van der Waals surface area contributed by atoms with Crippen LogP contribution >= 0.6 is 15.9 Å². The molecule has 1 aromatic heterocycles. The van der Waals surface area contributed by atoms with Gasteiger partial charge in [-0.1, -0.05) is 15.9 Å². The molecule has 4 rings (SSSR count). The highest BCUT2D eigenvalue weighted by Crippen LogP contribution is 2.25. The van der Waals surface area contributed by atoms with Crippen LogP contribution < -0.4 is 15.0 Å². The van der Waals surface area contributed by atoms with Crippen LogP contribution in [0.5, 0.6) is 5.75 Å². The molecule has 1 aliphatic heterocycles. The number of amides is 4. The lowest BCUT2D eigenvalue weighted by molar-refractivity contribution is -0.122. The normalized spacial score (nSPS) is 15.5. The summed E-state index contributed by atoms with van der Waals surface area (Å²) in [5, 5.41) is 2.23. The molecule has 0 bridgehead atoms. The van der Waals surface area contributed by atoms with E-state index in [1.54, 1.807) is 30.3 Å². The lowest BCUT2D eigenvalue weighted by atomic mass is 10.1. The summed E-state index contributed by atoms with van der Waals surface area (Å²) in [5.74, 6) is -0.849. The lowest BCUT2D eigenvalue weighted by Crippen LogP contribution is -2.54. The Hall–Kier alpha value is -3.65. The Morgan fingerprint density at radius 1 is 0.933 bits per heavy atom. The number of benzene rings is 2. The molecular weight excluding hydrogens is 450 g/mol. The summed E-state index contributed by atoms with van der Waals surface area (Å²) in [6.45, 7) is 0. The molecule has 1 fully saturated rings. The van der Waals surface area contributed by atoms with Crippen molar-refractivity contribution in [3.8, 4) is 11.4 Å². The Balaban J connectivity index is 1.71. The predicted molar refractivity (Wildman–Crippen MR) is 115 cm³/mol. The third-order valence-electron chi connectivity index (χ3n) is 4.61. The molecule has 0 unspecified atom stereocenters. The van der Waals surface area contributed by atoms with Crippen LogP contribution in [0.2, 0.25) is 0 Å². The van der Waals surface area contributed by atoms with Crippen molar-refractivity contribution >= 4 is 45.5 Å². The number of ether oxygens (including phenoxy) is 1. The summed E-state index contributed by atoms with van der Waals surface area (Å²) in [7, 11) is 1.52. The molecule has 7 nitrogen and oxygen atoms in total. The van der Waals surface area contributed by atoms with E-state index in [0.717, 1.165) is 15.1 Å². The molecule has 8 heteroatoms. The Kier molecular flexibility index (Phi) is 5.24. The fourth-order valence-corrected chi connectivity index (χ4v) is 3.38. The number of anilines is 1. The summed E-state index contributed by atoms with van der Waals surface area (Å²) in [6.07, 6.45) is 3.30. The maximum atomic E-state index is 13.0. The summed E-state index contributed by atoms with van der Waals surface area (Å²) in [5.41, 5.74) is 1.68. The zero-order chi connectivity index (χ0) is 21.3. The number of hydrogen-bond acceptors (Lipinski definition) is 4. The quantitative estimate of drug-likeness (QED) is 0.467. The molecule has 0 radical (unpaired) electrons. The van der Waals surface area contributed by atoms with E-state index >= 15 is 0 Å². The fourth-order valence-electron chi connectivity index (χ4n) is 3.12. The molecule has 1 aliphatic rings. The number of nitrogens with zero attached hydrogens (tertiary/aromatic N) is 2. The minimum absolute atomic E-state index is 0.137. The molecule has 2 heterocycles. The van der Waals surface area contributed by atoms with Crippen molar-refractivity contribution in [1.29, 1.82) is 0 Å². The molecule has 0 aliphatic carbocycles. The number of rotatable bonds is 4. The topological polar surface area (TPSA) is 80.6 Å². The monoisotopic (exact) mass is 465 g/mol. The molecule has 30 heavy (non-hydrogen) atoms. The molecule has 150 valence electrons. The highest BCUT2D eigenvalue weighted by Gasteiger charge is 2.37. The van der Waals surface area contributed by atoms with Crippen LogP contribution in [0, 0.1) is 0 Å². The maximum absolute atomic E-state index is 13.0. The van der Waals surface area contributed by atoms with Gasteiger partial charge in [-0.15, -0.1) is 0 Å². The van der Waals surface area contributed by atoms with E-state index < -0.39 is 17.8 Å². The van der Waals surface area contributed by atoms with Gasteiger partial charge in [-0.3, -0.25) is 14.9 Å². The SMILES string of the molecule is COc1ccc(N2C(=O)NC(=O)/C(=C\c3cccn3-c3ccc(Br)cc3)C2=O)cc1. The number of barbiturate groups is 1. The Labute approximate surface area is 180 Å². The van der Waals surface area contributed by atoms with E-state index in [1.165, 1.54) is 13.2 Å². The Morgan fingerprint density at radius 3 is 2.27 bits per heavy atom. The van der Waals surface area contributed by atoms with Crippen molar-refractivity contribution in [3.05, 3.63) is 82.6 Å². The van der Waals surface area contributed by atoms with Crippen molar-refractivity contribution < 1.29 is 19.1 Å². The minimum atomic E-state index is -0.796. The molecular formula is C22H16BrN3O4. The highest BCUT2D eigenvalue weighted by molar-refractivity contribution is 9.10. The van der Waals surface area contributed by atoms with Gasteiger partial charge in [0.15, 0.2) is 0 Å². The number of imide groups is 2. The molecule has 2 aromatic carbocycles. The lowest BCUT2D eigenvalue weighted by Gasteiger charge is -2.26. The smallest absolute Gasteiger partial charge is 0.335 e. The van der Waals surface area contributed by atoms with Gasteiger partial charge in [-0.2, -0.15) is 0 Å². The van der Waals surface area contributed by atoms with Crippen molar-refractivity contribution in [1.82, 2.24) is 9.88 Å². The van der Waals surface area contributed by atoms with Crippen molar-refractivity contribution in [2.75, 3.05) is 12.0 Å². The maximum Gasteiger partial charge on any atom is 0.335 e. The van der Waals surface area contributed by atoms with E-state index in [2.05, 4.69) is 21.2 Å². The molecule has 1 saturated heterocycles. The van der Waals surface area contributed by atoms with E-state index in [9.17, 15) is 14.4 Å². The van der Waals surface area contributed by atoms with Gasteiger partial charge in [-0.25, -0.2) is 9.69 Å². The van der Waals surface area contributed by atoms with Gasteiger partial charge in [0, 0.05) is 22.1 Å². The van der Waals surface area contributed by atoms with Crippen LogP contribution in [0.1, 0.15) is 5.69 Å². The first-order valence-electron chi connectivity index (χ1n) is 8.97. The van der Waals surface area contributed by atoms with Crippen LogP contribution in [-0.4, -0.2) is 29.5 Å². The van der Waals surface area contributed by atoms with Crippen LogP contribution in [0.4, 0.5) is 10.5 Å². The van der Waals surface area contributed by atoms with E-state index in [1.807, 2.05) is 41.1 Å². The van der Waals surface area contributed by atoms with Gasteiger partial charge in [0.2, 0.25) is 0 Å². The third kappa shape index (κ3) is 3.65. The number of methoxy groups -OCH3 is 1. The molecule has 0 saturated carbocycles. The van der Waals surface area contributed by atoms with Gasteiger partial charge in [0.25, 0.3) is 11.8 Å². The van der Waals surface area contributed by atoms with Crippen LogP contribution in [0.25, 0.3) is 11.8 Å². The average molecular weight is 466 g/mol. The first-order chi connectivity index (χ1) is 14.5. The summed E-state index contributed by atoms with van der Waals surface area (Å²) in [6, 6.07) is 16.8. The molecule has 0 atom stereocenters. The number of carbonyl (C=O) groups is 3. The number of aromatic nitrogens is 1. The highest BCUT2D eigenvalue weighted by atomic mass is 79.9. The first-order valence-corrected chi connectivity index (χ1v) is 9.76. The zero-order valence-corrected chi connectivity index (χ0v) is 17.4. The summed E-state index contributed by atoms with van der Waals surface area (Å²) >= 11 is 3.40. The van der Waals surface area contributed by atoms with Crippen LogP contribution in [0.3, 0.4) is 0 Å². The van der Waals surface area contributed by atoms with Gasteiger partial charge < -0.3 is 9.30 Å². The number of nitrogens with one attached hydrogen (secondary N) is 1. The Bertz CT molecular complexity index is 1160. The number of halogens is 1. The van der Waals surface area contributed by atoms with Crippen molar-refractivity contribution in [2.24, 2.45) is 0 Å². The summed E-state index contributed by atoms with van der Waals surface area (Å²) < 4.78 is 7.89. The number of urea groups is 1. The second-order valence-electron chi connectivity index (χ2n) is 6.44. The summed E-state index contributed by atoms with van der Waals surface area (Å²) in [4.78, 5) is 38.8. The van der Waals surface area contributed by atoms with Crippen molar-refractivity contribution in [3.63, 3.8) is 0 Å². The standard InChI is InChI=1S/C22H16BrN3O4/c1-30-18-10-8-16(9-11-18)26-21(28)19(20(27)24-22(26)29)13-17-3-2-12-25(17)15-6-4-14(23)5-7-15/h2-13H,1H3,(H,24,27,29)/b19-13+. The van der Waals surface area contributed by atoms with E-state index in [-0.39, 0.29) is 5.57 Å². The van der Waals surface area contributed by atoms with Crippen LogP contribution in [-0.2, 0) is 9.59 Å². The fraction of sp³-hybridized carbons (Fsp3) is 0.0455. The Morgan fingerprint density at radius 2 is 1.60 bits per heavy atom. The molecule has 4 amide bonds. The third-order valence-corrected chi connectivity index (χ3v) is 5.14. The van der Waals surface area contributed by atoms with E-state index in [0.29, 0.717) is 17.1 Å². The molecule has 0 spiro atoms. The second kappa shape index (κ2) is 8.00. The van der Waals surface area contributed by atoms with Crippen LogP contribution in [0.15, 0.2) is 76.9 Å². The molecule has 3 aromatic rings. The largest absolute Gasteiger partial charge is 0.497 e. The predicted octanol–water partition coefficient (Wildman–Crippen LogP) is 3.91. The second-order valence-corrected chi connectivity index (χ2v) is 7.35. The van der Waals surface area contributed by atoms with Crippen molar-refractivity contribution in [2.45, 2.75) is 0 Å². The van der Waals surface area contributed by atoms with Gasteiger partial charge in [-0.05, 0) is 66.7 Å². The minimum Gasteiger partial charge on any atom is -0.497 e.